The second kappa shape index (κ2) is 5.33. The van der Waals surface area contributed by atoms with Crippen molar-refractivity contribution in [2.45, 2.75) is 6.61 Å². The largest absolute Gasteiger partial charge is 0.483 e. The summed E-state index contributed by atoms with van der Waals surface area (Å²) in [7, 11) is 0. The summed E-state index contributed by atoms with van der Waals surface area (Å²) in [5, 5.41) is 9.46. The highest BCUT2D eigenvalue weighted by Gasteiger charge is 2.11. The van der Waals surface area contributed by atoms with E-state index < -0.39 is 5.97 Å². The number of hydrogen-bond donors (Lipinski definition) is 1. The summed E-state index contributed by atoms with van der Waals surface area (Å²) < 4.78 is 10.4. The van der Waals surface area contributed by atoms with Crippen LogP contribution in [0.1, 0.15) is 16.3 Å². The number of hydrogen-bond acceptors (Lipinski definition) is 3. The van der Waals surface area contributed by atoms with Crippen molar-refractivity contribution in [3.63, 3.8) is 0 Å². The molecular weight excluding hydrogens is 279 g/mol. The number of furan rings is 1. The summed E-state index contributed by atoms with van der Waals surface area (Å²) in [5.41, 5.74) is 0. The van der Waals surface area contributed by atoms with Gasteiger partial charge in [-0.05, 0) is 24.3 Å². The minimum atomic E-state index is -1.13. The van der Waals surface area contributed by atoms with Crippen LogP contribution in [0.25, 0.3) is 0 Å². The Balaban J connectivity index is 2.09. The molecule has 0 unspecified atom stereocenters. The van der Waals surface area contributed by atoms with Crippen LogP contribution < -0.4 is 4.74 Å². The van der Waals surface area contributed by atoms with Gasteiger partial charge in [0.15, 0.2) is 5.75 Å². The molecule has 1 heterocycles. The van der Waals surface area contributed by atoms with Crippen molar-refractivity contribution < 1.29 is 19.1 Å². The fourth-order valence-corrected chi connectivity index (χ4v) is 1.84. The average molecular weight is 287 g/mol. The fourth-order valence-electron chi connectivity index (χ4n) is 1.33. The summed E-state index contributed by atoms with van der Waals surface area (Å²) in [5.74, 6) is -0.548. The lowest BCUT2D eigenvalue weighted by molar-refractivity contribution is 0.0658. The minimum absolute atomic E-state index is 0.0523. The molecule has 0 saturated carbocycles. The van der Waals surface area contributed by atoms with Gasteiger partial charge in [-0.1, -0.05) is 29.3 Å². The molecule has 0 saturated heterocycles. The van der Waals surface area contributed by atoms with E-state index in [1.807, 2.05) is 0 Å². The smallest absolute Gasteiger partial charge is 0.371 e. The summed E-state index contributed by atoms with van der Waals surface area (Å²) >= 11 is 11.8. The average Bonchev–Trinajstić information content (AvgIpc) is 2.77. The first kappa shape index (κ1) is 12.8. The van der Waals surface area contributed by atoms with E-state index in [1.165, 1.54) is 12.1 Å². The standard InChI is InChI=1S/C12H8Cl2O4/c13-8-2-1-3-9(14)11(8)17-6-7-4-5-10(18-7)12(15)16/h1-5H,6H2,(H,15,16). The first-order valence-corrected chi connectivity index (χ1v) is 5.72. The van der Waals surface area contributed by atoms with Gasteiger partial charge in [0.1, 0.15) is 12.4 Å². The van der Waals surface area contributed by atoms with Crippen LogP contribution in [0.15, 0.2) is 34.7 Å². The maximum Gasteiger partial charge on any atom is 0.371 e. The molecule has 18 heavy (non-hydrogen) atoms. The van der Waals surface area contributed by atoms with Gasteiger partial charge in [0.05, 0.1) is 10.0 Å². The SMILES string of the molecule is O=C(O)c1ccc(COc2c(Cl)cccc2Cl)o1. The quantitative estimate of drug-likeness (QED) is 0.927. The van der Waals surface area contributed by atoms with Gasteiger partial charge in [-0.25, -0.2) is 4.79 Å². The number of carboxylic acid groups (broad SMARTS) is 1. The van der Waals surface area contributed by atoms with E-state index in [9.17, 15) is 4.79 Å². The first-order valence-electron chi connectivity index (χ1n) is 4.96. The number of ether oxygens (including phenoxy) is 1. The van der Waals surface area contributed by atoms with Gasteiger partial charge in [-0.3, -0.25) is 0 Å². The molecule has 0 radical (unpaired) electrons. The van der Waals surface area contributed by atoms with Crippen molar-refractivity contribution in [1.82, 2.24) is 0 Å². The summed E-state index contributed by atoms with van der Waals surface area (Å²) in [6.45, 7) is 0.0523. The normalized spacial score (nSPS) is 10.3. The number of carbonyl (C=O) groups is 1. The molecule has 0 aliphatic heterocycles. The Morgan fingerprint density at radius 3 is 2.44 bits per heavy atom. The number of para-hydroxylation sites is 1. The van der Waals surface area contributed by atoms with Gasteiger partial charge >= 0.3 is 5.97 Å². The van der Waals surface area contributed by atoms with Crippen LogP contribution in [-0.4, -0.2) is 11.1 Å². The van der Waals surface area contributed by atoms with Crippen LogP contribution in [0.2, 0.25) is 10.0 Å². The first-order chi connectivity index (χ1) is 8.58. The Kier molecular flexibility index (Phi) is 3.79. The summed E-state index contributed by atoms with van der Waals surface area (Å²) in [6.07, 6.45) is 0. The van der Waals surface area contributed by atoms with Crippen LogP contribution in [0, 0.1) is 0 Å². The Labute approximate surface area is 113 Å². The predicted molar refractivity (Wildman–Crippen MR) is 66.5 cm³/mol. The van der Waals surface area contributed by atoms with Crippen LogP contribution in [0.4, 0.5) is 0 Å². The highest BCUT2D eigenvalue weighted by atomic mass is 35.5. The lowest BCUT2D eigenvalue weighted by Crippen LogP contribution is -1.96. The molecule has 94 valence electrons. The highest BCUT2D eigenvalue weighted by Crippen LogP contribution is 2.32. The van der Waals surface area contributed by atoms with Gasteiger partial charge in [-0.2, -0.15) is 0 Å². The molecule has 0 bridgehead atoms. The summed E-state index contributed by atoms with van der Waals surface area (Å²) in [4.78, 5) is 10.6. The lowest BCUT2D eigenvalue weighted by atomic mass is 10.3. The maximum atomic E-state index is 10.6. The van der Waals surface area contributed by atoms with Crippen molar-refractivity contribution in [1.29, 1.82) is 0 Å². The molecule has 1 aromatic carbocycles. The molecule has 2 rings (SSSR count). The van der Waals surface area contributed by atoms with Gasteiger partial charge in [0.2, 0.25) is 5.76 Å². The molecule has 4 nitrogen and oxygen atoms in total. The van der Waals surface area contributed by atoms with Crippen molar-refractivity contribution in [3.05, 3.63) is 51.9 Å². The molecule has 0 atom stereocenters. The van der Waals surface area contributed by atoms with Crippen molar-refractivity contribution in [3.8, 4) is 5.75 Å². The molecular formula is C12H8Cl2O4. The van der Waals surface area contributed by atoms with E-state index in [0.29, 0.717) is 21.6 Å². The van der Waals surface area contributed by atoms with Crippen molar-refractivity contribution >= 4 is 29.2 Å². The number of carboxylic acids is 1. The van der Waals surface area contributed by atoms with Crippen molar-refractivity contribution in [2.75, 3.05) is 0 Å². The second-order valence-electron chi connectivity index (χ2n) is 3.41. The third-order valence-electron chi connectivity index (χ3n) is 2.15. The second-order valence-corrected chi connectivity index (χ2v) is 4.22. The Hall–Kier alpha value is -1.65. The number of benzene rings is 1. The minimum Gasteiger partial charge on any atom is -0.483 e. The Bertz CT molecular complexity index is 557. The highest BCUT2D eigenvalue weighted by molar-refractivity contribution is 6.37. The molecule has 0 fully saturated rings. The number of aromatic carboxylic acids is 1. The zero-order valence-electron chi connectivity index (χ0n) is 9.02. The monoisotopic (exact) mass is 286 g/mol. The number of rotatable bonds is 4. The molecule has 1 aromatic heterocycles. The predicted octanol–water partition coefficient (Wildman–Crippen LogP) is 3.86. The van der Waals surface area contributed by atoms with E-state index in [2.05, 4.69) is 0 Å². The molecule has 0 aliphatic rings. The number of halogens is 2. The molecule has 0 aliphatic carbocycles. The van der Waals surface area contributed by atoms with Gasteiger partial charge in [0, 0.05) is 0 Å². The van der Waals surface area contributed by atoms with E-state index >= 15 is 0 Å². The van der Waals surface area contributed by atoms with Crippen molar-refractivity contribution in [2.24, 2.45) is 0 Å². The van der Waals surface area contributed by atoms with Crippen LogP contribution in [0.3, 0.4) is 0 Å². The van der Waals surface area contributed by atoms with E-state index in [-0.39, 0.29) is 12.4 Å². The van der Waals surface area contributed by atoms with Crippen LogP contribution >= 0.6 is 23.2 Å². The lowest BCUT2D eigenvalue weighted by Gasteiger charge is -2.07. The maximum absolute atomic E-state index is 10.6. The summed E-state index contributed by atoms with van der Waals surface area (Å²) in [6, 6.07) is 7.87. The zero-order valence-corrected chi connectivity index (χ0v) is 10.5. The van der Waals surface area contributed by atoms with Crippen LogP contribution in [-0.2, 0) is 6.61 Å². The molecule has 0 spiro atoms. The van der Waals surface area contributed by atoms with E-state index in [0.717, 1.165) is 0 Å². The topological polar surface area (TPSA) is 59.7 Å². The molecule has 6 heteroatoms. The third-order valence-corrected chi connectivity index (χ3v) is 2.75. The zero-order chi connectivity index (χ0) is 13.1. The Morgan fingerprint density at radius 1 is 1.22 bits per heavy atom. The van der Waals surface area contributed by atoms with E-state index in [4.69, 9.17) is 37.5 Å². The van der Waals surface area contributed by atoms with E-state index in [1.54, 1.807) is 18.2 Å². The third kappa shape index (κ3) is 2.78. The Morgan fingerprint density at radius 2 is 1.89 bits per heavy atom. The van der Waals surface area contributed by atoms with Crippen LogP contribution in [0.5, 0.6) is 5.75 Å². The molecule has 0 amide bonds. The molecule has 1 N–H and O–H groups in total. The fraction of sp³-hybridized carbons (Fsp3) is 0.0833. The molecule has 2 aromatic rings. The van der Waals surface area contributed by atoms with Gasteiger partial charge in [0.25, 0.3) is 0 Å². The van der Waals surface area contributed by atoms with Gasteiger partial charge < -0.3 is 14.3 Å². The van der Waals surface area contributed by atoms with Gasteiger partial charge in [-0.15, -0.1) is 0 Å².